The molecule has 1 atom stereocenters. The largest absolute Gasteiger partial charge is 0.388 e. The standard InChI is InChI=1S/C11H13BrO/c1-8(2)7-11(13)9-3-5-10(12)6-4-9/h3-6,11,13H,1,7H2,2H3/t11-/m1/s1. The molecule has 1 rings (SSSR count). The van der Waals surface area contributed by atoms with Crippen LogP contribution in [-0.2, 0) is 0 Å². The van der Waals surface area contributed by atoms with Crippen LogP contribution in [0.5, 0.6) is 0 Å². The molecule has 0 aliphatic rings. The normalized spacial score (nSPS) is 12.5. The monoisotopic (exact) mass is 240 g/mol. The van der Waals surface area contributed by atoms with Crippen molar-refractivity contribution in [2.75, 3.05) is 0 Å². The van der Waals surface area contributed by atoms with Crippen molar-refractivity contribution >= 4 is 15.9 Å². The molecule has 0 amide bonds. The molecule has 0 spiro atoms. The van der Waals surface area contributed by atoms with Crippen molar-refractivity contribution in [1.82, 2.24) is 0 Å². The van der Waals surface area contributed by atoms with Crippen LogP contribution in [0.4, 0.5) is 0 Å². The second kappa shape index (κ2) is 4.58. The van der Waals surface area contributed by atoms with E-state index >= 15 is 0 Å². The highest BCUT2D eigenvalue weighted by Gasteiger charge is 2.06. The van der Waals surface area contributed by atoms with Crippen LogP contribution in [0.3, 0.4) is 0 Å². The van der Waals surface area contributed by atoms with Crippen molar-refractivity contribution < 1.29 is 5.11 Å². The van der Waals surface area contributed by atoms with Gasteiger partial charge < -0.3 is 5.11 Å². The molecule has 0 saturated carbocycles. The van der Waals surface area contributed by atoms with Crippen molar-refractivity contribution in [3.8, 4) is 0 Å². The quantitative estimate of drug-likeness (QED) is 0.803. The predicted octanol–water partition coefficient (Wildman–Crippen LogP) is 3.45. The maximum Gasteiger partial charge on any atom is 0.0826 e. The Kier molecular flexibility index (Phi) is 3.70. The van der Waals surface area contributed by atoms with Crippen LogP contribution in [0.25, 0.3) is 0 Å². The van der Waals surface area contributed by atoms with E-state index < -0.39 is 6.10 Å². The summed E-state index contributed by atoms with van der Waals surface area (Å²) in [5, 5.41) is 9.71. The van der Waals surface area contributed by atoms with Crippen LogP contribution in [0.15, 0.2) is 40.9 Å². The Hall–Kier alpha value is -0.600. The summed E-state index contributed by atoms with van der Waals surface area (Å²) in [5.74, 6) is 0. The van der Waals surface area contributed by atoms with Crippen molar-refractivity contribution in [2.24, 2.45) is 0 Å². The van der Waals surface area contributed by atoms with Gasteiger partial charge in [0.25, 0.3) is 0 Å². The number of aliphatic hydroxyl groups excluding tert-OH is 1. The summed E-state index contributed by atoms with van der Waals surface area (Å²) >= 11 is 3.35. The summed E-state index contributed by atoms with van der Waals surface area (Å²) in [6, 6.07) is 7.68. The van der Waals surface area contributed by atoms with Gasteiger partial charge in [0.1, 0.15) is 0 Å². The minimum absolute atomic E-state index is 0.425. The number of hydrogen-bond donors (Lipinski definition) is 1. The molecular formula is C11H13BrO. The Labute approximate surface area is 87.2 Å². The van der Waals surface area contributed by atoms with Crippen LogP contribution in [0, 0.1) is 0 Å². The number of hydrogen-bond acceptors (Lipinski definition) is 1. The molecule has 13 heavy (non-hydrogen) atoms. The Bertz CT molecular complexity index is 289. The molecule has 0 unspecified atom stereocenters. The molecule has 0 radical (unpaired) electrons. The minimum atomic E-state index is -0.425. The smallest absolute Gasteiger partial charge is 0.0826 e. The molecule has 70 valence electrons. The molecule has 1 nitrogen and oxygen atoms in total. The zero-order chi connectivity index (χ0) is 9.84. The van der Waals surface area contributed by atoms with Crippen molar-refractivity contribution in [3.05, 3.63) is 46.5 Å². The lowest BCUT2D eigenvalue weighted by Crippen LogP contribution is -1.96. The molecule has 2 heteroatoms. The summed E-state index contributed by atoms with van der Waals surface area (Å²) < 4.78 is 1.03. The molecule has 0 aliphatic carbocycles. The van der Waals surface area contributed by atoms with Gasteiger partial charge in [0.15, 0.2) is 0 Å². The zero-order valence-corrected chi connectivity index (χ0v) is 9.21. The van der Waals surface area contributed by atoms with E-state index in [1.54, 1.807) is 0 Å². The lowest BCUT2D eigenvalue weighted by atomic mass is 10.0. The third-order valence-electron chi connectivity index (χ3n) is 1.80. The number of aliphatic hydroxyl groups is 1. The van der Waals surface area contributed by atoms with Gasteiger partial charge >= 0.3 is 0 Å². The fraction of sp³-hybridized carbons (Fsp3) is 0.273. The fourth-order valence-electron chi connectivity index (χ4n) is 1.13. The van der Waals surface area contributed by atoms with Crippen LogP contribution in [0.2, 0.25) is 0 Å². The van der Waals surface area contributed by atoms with Crippen LogP contribution in [0.1, 0.15) is 25.0 Å². The van der Waals surface area contributed by atoms with Gasteiger partial charge in [-0.15, -0.1) is 6.58 Å². The number of rotatable bonds is 3. The van der Waals surface area contributed by atoms with E-state index in [9.17, 15) is 5.11 Å². The first-order valence-electron chi connectivity index (χ1n) is 4.17. The average Bonchev–Trinajstić information content (AvgIpc) is 2.04. The Morgan fingerprint density at radius 1 is 1.46 bits per heavy atom. The van der Waals surface area contributed by atoms with Gasteiger partial charge in [-0.1, -0.05) is 33.6 Å². The Morgan fingerprint density at radius 3 is 2.46 bits per heavy atom. The van der Waals surface area contributed by atoms with E-state index in [1.165, 1.54) is 0 Å². The SMILES string of the molecule is C=C(C)C[C@@H](O)c1ccc(Br)cc1. The maximum absolute atomic E-state index is 9.71. The van der Waals surface area contributed by atoms with Gasteiger partial charge in [0.2, 0.25) is 0 Å². The minimum Gasteiger partial charge on any atom is -0.388 e. The van der Waals surface area contributed by atoms with E-state index in [1.807, 2.05) is 31.2 Å². The first kappa shape index (κ1) is 10.5. The molecule has 1 aromatic carbocycles. The van der Waals surface area contributed by atoms with E-state index in [0.29, 0.717) is 6.42 Å². The zero-order valence-electron chi connectivity index (χ0n) is 7.63. The summed E-state index contributed by atoms with van der Waals surface area (Å²) in [5.41, 5.74) is 1.93. The molecule has 0 bridgehead atoms. The lowest BCUT2D eigenvalue weighted by Gasteiger charge is -2.10. The highest BCUT2D eigenvalue weighted by atomic mass is 79.9. The van der Waals surface area contributed by atoms with Crippen molar-refractivity contribution in [2.45, 2.75) is 19.4 Å². The topological polar surface area (TPSA) is 20.2 Å². The van der Waals surface area contributed by atoms with E-state index in [4.69, 9.17) is 0 Å². The third kappa shape index (κ3) is 3.33. The van der Waals surface area contributed by atoms with Gasteiger partial charge in [0.05, 0.1) is 6.10 Å². The lowest BCUT2D eigenvalue weighted by molar-refractivity contribution is 0.178. The van der Waals surface area contributed by atoms with Crippen LogP contribution < -0.4 is 0 Å². The Morgan fingerprint density at radius 2 is 2.00 bits per heavy atom. The van der Waals surface area contributed by atoms with Gasteiger partial charge in [0, 0.05) is 4.47 Å². The number of benzene rings is 1. The van der Waals surface area contributed by atoms with Gasteiger partial charge in [-0.2, -0.15) is 0 Å². The summed E-state index contributed by atoms with van der Waals surface area (Å²) in [6.07, 6.45) is 0.201. The summed E-state index contributed by atoms with van der Waals surface area (Å²) in [6.45, 7) is 5.69. The molecule has 0 aromatic heterocycles. The van der Waals surface area contributed by atoms with Crippen molar-refractivity contribution in [3.63, 3.8) is 0 Å². The molecule has 0 aliphatic heterocycles. The van der Waals surface area contributed by atoms with E-state index in [0.717, 1.165) is 15.6 Å². The average molecular weight is 241 g/mol. The highest BCUT2D eigenvalue weighted by Crippen LogP contribution is 2.21. The first-order chi connectivity index (χ1) is 6.09. The second-order valence-electron chi connectivity index (χ2n) is 3.23. The second-order valence-corrected chi connectivity index (χ2v) is 4.14. The first-order valence-corrected chi connectivity index (χ1v) is 4.97. The molecular weight excluding hydrogens is 228 g/mol. The fourth-order valence-corrected chi connectivity index (χ4v) is 1.40. The summed E-state index contributed by atoms with van der Waals surface area (Å²) in [7, 11) is 0. The van der Waals surface area contributed by atoms with Gasteiger partial charge in [-0.05, 0) is 31.0 Å². The summed E-state index contributed by atoms with van der Waals surface area (Å²) in [4.78, 5) is 0. The van der Waals surface area contributed by atoms with Crippen LogP contribution >= 0.6 is 15.9 Å². The van der Waals surface area contributed by atoms with Crippen molar-refractivity contribution in [1.29, 1.82) is 0 Å². The Balaban J connectivity index is 2.71. The molecule has 0 saturated heterocycles. The van der Waals surface area contributed by atoms with Crippen LogP contribution in [-0.4, -0.2) is 5.11 Å². The number of halogens is 1. The van der Waals surface area contributed by atoms with Gasteiger partial charge in [-0.25, -0.2) is 0 Å². The van der Waals surface area contributed by atoms with E-state index in [2.05, 4.69) is 22.5 Å². The maximum atomic E-state index is 9.71. The molecule has 1 N–H and O–H groups in total. The molecule has 1 aromatic rings. The molecule has 0 fully saturated rings. The highest BCUT2D eigenvalue weighted by molar-refractivity contribution is 9.10. The third-order valence-corrected chi connectivity index (χ3v) is 2.33. The molecule has 0 heterocycles. The predicted molar refractivity (Wildman–Crippen MR) is 58.5 cm³/mol. The van der Waals surface area contributed by atoms with Gasteiger partial charge in [-0.3, -0.25) is 0 Å². The van der Waals surface area contributed by atoms with E-state index in [-0.39, 0.29) is 0 Å².